The molecule has 7 heteroatoms. The van der Waals surface area contributed by atoms with Gasteiger partial charge in [-0.25, -0.2) is 8.42 Å². The molecule has 0 bridgehead atoms. The van der Waals surface area contributed by atoms with E-state index in [1.807, 2.05) is 19.1 Å². The number of anilines is 1. The number of aryl methyl sites for hydroxylation is 1. The van der Waals surface area contributed by atoms with Crippen molar-refractivity contribution in [2.75, 3.05) is 25.0 Å². The van der Waals surface area contributed by atoms with Crippen molar-refractivity contribution in [2.45, 2.75) is 25.7 Å². The van der Waals surface area contributed by atoms with Gasteiger partial charge in [-0.2, -0.15) is 4.31 Å². The summed E-state index contributed by atoms with van der Waals surface area (Å²) in [6, 6.07) is 13.5. The molecule has 0 fully saturated rings. The SMILES string of the molecule is CCN(CC)S(=O)(=O)c1ccc(NC(=O)COc2ccc(C)cc2)cc1. The van der Waals surface area contributed by atoms with Crippen molar-refractivity contribution < 1.29 is 17.9 Å². The van der Waals surface area contributed by atoms with E-state index in [1.54, 1.807) is 38.1 Å². The van der Waals surface area contributed by atoms with E-state index in [0.717, 1.165) is 5.56 Å². The van der Waals surface area contributed by atoms with Gasteiger partial charge in [0, 0.05) is 18.8 Å². The van der Waals surface area contributed by atoms with E-state index in [4.69, 9.17) is 4.74 Å². The highest BCUT2D eigenvalue weighted by Crippen LogP contribution is 2.18. The predicted octanol–water partition coefficient (Wildman–Crippen LogP) is 3.04. The molecule has 0 aliphatic heterocycles. The van der Waals surface area contributed by atoms with Crippen LogP contribution >= 0.6 is 0 Å². The van der Waals surface area contributed by atoms with Crippen molar-refractivity contribution in [3.05, 3.63) is 54.1 Å². The number of rotatable bonds is 8. The molecular formula is C19H24N2O4S. The summed E-state index contributed by atoms with van der Waals surface area (Å²) in [7, 11) is -3.50. The number of amides is 1. The smallest absolute Gasteiger partial charge is 0.262 e. The van der Waals surface area contributed by atoms with Crippen LogP contribution in [-0.2, 0) is 14.8 Å². The number of hydrogen-bond acceptors (Lipinski definition) is 4. The highest BCUT2D eigenvalue weighted by atomic mass is 32.2. The Morgan fingerprint density at radius 3 is 2.12 bits per heavy atom. The van der Waals surface area contributed by atoms with E-state index >= 15 is 0 Å². The van der Waals surface area contributed by atoms with Gasteiger partial charge in [-0.3, -0.25) is 4.79 Å². The molecule has 2 aromatic rings. The summed E-state index contributed by atoms with van der Waals surface area (Å²) in [5.41, 5.74) is 1.63. The first kappa shape index (κ1) is 19.9. The second-order valence-electron chi connectivity index (χ2n) is 5.76. The van der Waals surface area contributed by atoms with E-state index in [2.05, 4.69) is 5.32 Å². The quantitative estimate of drug-likeness (QED) is 0.768. The maximum absolute atomic E-state index is 12.4. The van der Waals surface area contributed by atoms with Crippen LogP contribution in [0.1, 0.15) is 19.4 Å². The molecule has 2 rings (SSSR count). The van der Waals surface area contributed by atoms with Crippen LogP contribution in [0.4, 0.5) is 5.69 Å². The zero-order valence-corrected chi connectivity index (χ0v) is 16.0. The molecule has 26 heavy (non-hydrogen) atoms. The molecule has 0 aromatic heterocycles. The van der Waals surface area contributed by atoms with Crippen LogP contribution in [0.2, 0.25) is 0 Å². The molecule has 0 saturated heterocycles. The second-order valence-corrected chi connectivity index (χ2v) is 7.70. The Hall–Kier alpha value is -2.38. The van der Waals surface area contributed by atoms with Crippen LogP contribution in [-0.4, -0.2) is 38.3 Å². The number of hydrogen-bond donors (Lipinski definition) is 1. The largest absolute Gasteiger partial charge is 0.484 e. The number of nitrogens with zero attached hydrogens (tertiary/aromatic N) is 1. The normalized spacial score (nSPS) is 11.4. The van der Waals surface area contributed by atoms with E-state index < -0.39 is 10.0 Å². The van der Waals surface area contributed by atoms with Crippen molar-refractivity contribution in [3.8, 4) is 5.75 Å². The lowest BCUT2D eigenvalue weighted by atomic mass is 10.2. The molecule has 0 saturated carbocycles. The predicted molar refractivity (Wildman–Crippen MR) is 102 cm³/mol. The van der Waals surface area contributed by atoms with E-state index in [1.165, 1.54) is 16.4 Å². The first-order valence-corrected chi connectivity index (χ1v) is 9.90. The number of carbonyl (C=O) groups excluding carboxylic acids is 1. The van der Waals surface area contributed by atoms with Gasteiger partial charge in [-0.05, 0) is 43.3 Å². The lowest BCUT2D eigenvalue weighted by Crippen LogP contribution is -2.30. The minimum atomic E-state index is -3.50. The van der Waals surface area contributed by atoms with Crippen molar-refractivity contribution in [2.24, 2.45) is 0 Å². The van der Waals surface area contributed by atoms with Crippen LogP contribution < -0.4 is 10.1 Å². The van der Waals surface area contributed by atoms with Crippen LogP contribution in [0.5, 0.6) is 5.75 Å². The maximum atomic E-state index is 12.4. The standard InChI is InChI=1S/C19H24N2O4S/c1-4-21(5-2)26(23,24)18-12-8-16(9-13-18)20-19(22)14-25-17-10-6-15(3)7-11-17/h6-13H,4-5,14H2,1-3H3,(H,20,22). The lowest BCUT2D eigenvalue weighted by molar-refractivity contribution is -0.118. The summed E-state index contributed by atoms with van der Waals surface area (Å²) in [5, 5.41) is 2.69. The molecule has 0 aliphatic rings. The summed E-state index contributed by atoms with van der Waals surface area (Å²) < 4.78 is 31.7. The Morgan fingerprint density at radius 2 is 1.58 bits per heavy atom. The van der Waals surface area contributed by atoms with Crippen LogP contribution in [0.15, 0.2) is 53.4 Å². The van der Waals surface area contributed by atoms with Crippen LogP contribution in [0, 0.1) is 6.92 Å². The third kappa shape index (κ3) is 5.06. The highest BCUT2D eigenvalue weighted by Gasteiger charge is 2.21. The Labute approximate surface area is 154 Å². The lowest BCUT2D eigenvalue weighted by Gasteiger charge is -2.18. The molecule has 0 atom stereocenters. The average molecular weight is 376 g/mol. The van der Waals surface area contributed by atoms with Crippen molar-refractivity contribution in [1.82, 2.24) is 4.31 Å². The van der Waals surface area contributed by atoms with E-state index in [9.17, 15) is 13.2 Å². The van der Waals surface area contributed by atoms with Crippen molar-refractivity contribution in [1.29, 1.82) is 0 Å². The molecule has 2 aromatic carbocycles. The zero-order chi connectivity index (χ0) is 19.2. The topological polar surface area (TPSA) is 75.7 Å². The third-order valence-electron chi connectivity index (χ3n) is 3.87. The minimum Gasteiger partial charge on any atom is -0.484 e. The fourth-order valence-electron chi connectivity index (χ4n) is 2.40. The van der Waals surface area contributed by atoms with Gasteiger partial charge in [0.1, 0.15) is 5.75 Å². The molecule has 0 unspecified atom stereocenters. The molecule has 1 N–H and O–H groups in total. The Balaban J connectivity index is 1.96. The number of carbonyl (C=O) groups is 1. The van der Waals surface area contributed by atoms with Crippen molar-refractivity contribution >= 4 is 21.6 Å². The summed E-state index contributed by atoms with van der Waals surface area (Å²) in [4.78, 5) is 12.2. The molecule has 0 heterocycles. The number of nitrogens with one attached hydrogen (secondary N) is 1. The zero-order valence-electron chi connectivity index (χ0n) is 15.2. The second kappa shape index (κ2) is 8.82. The third-order valence-corrected chi connectivity index (χ3v) is 5.94. The van der Waals surface area contributed by atoms with Gasteiger partial charge < -0.3 is 10.1 Å². The summed E-state index contributed by atoms with van der Waals surface area (Å²) in [6.45, 7) is 6.26. The fraction of sp³-hybridized carbons (Fsp3) is 0.316. The molecule has 0 aliphatic carbocycles. The summed E-state index contributed by atoms with van der Waals surface area (Å²) >= 11 is 0. The van der Waals surface area contributed by atoms with Gasteiger partial charge in [-0.1, -0.05) is 31.5 Å². The first-order chi connectivity index (χ1) is 12.4. The highest BCUT2D eigenvalue weighted by molar-refractivity contribution is 7.89. The molecule has 1 amide bonds. The minimum absolute atomic E-state index is 0.122. The van der Waals surface area contributed by atoms with Gasteiger partial charge in [0.15, 0.2) is 6.61 Å². The number of sulfonamides is 1. The van der Waals surface area contributed by atoms with Crippen LogP contribution in [0.25, 0.3) is 0 Å². The summed E-state index contributed by atoms with van der Waals surface area (Å²) in [5.74, 6) is 0.302. The van der Waals surface area contributed by atoms with Gasteiger partial charge in [0.05, 0.1) is 4.90 Å². The summed E-state index contributed by atoms with van der Waals surface area (Å²) in [6.07, 6.45) is 0. The van der Waals surface area contributed by atoms with Gasteiger partial charge in [0.25, 0.3) is 5.91 Å². The van der Waals surface area contributed by atoms with Gasteiger partial charge in [0.2, 0.25) is 10.0 Å². The van der Waals surface area contributed by atoms with Crippen molar-refractivity contribution in [3.63, 3.8) is 0 Å². The molecule has 0 radical (unpaired) electrons. The molecule has 140 valence electrons. The fourth-order valence-corrected chi connectivity index (χ4v) is 3.86. The molecule has 6 nitrogen and oxygen atoms in total. The average Bonchev–Trinajstić information content (AvgIpc) is 2.62. The Bertz CT molecular complexity index is 827. The number of benzene rings is 2. The van der Waals surface area contributed by atoms with E-state index in [-0.39, 0.29) is 17.4 Å². The first-order valence-electron chi connectivity index (χ1n) is 8.46. The molecule has 0 spiro atoms. The monoisotopic (exact) mass is 376 g/mol. The Morgan fingerprint density at radius 1 is 1.00 bits per heavy atom. The molecular weight excluding hydrogens is 352 g/mol. The van der Waals surface area contributed by atoms with Gasteiger partial charge in [-0.15, -0.1) is 0 Å². The number of ether oxygens (including phenoxy) is 1. The van der Waals surface area contributed by atoms with Crippen LogP contribution in [0.3, 0.4) is 0 Å². The van der Waals surface area contributed by atoms with Gasteiger partial charge >= 0.3 is 0 Å². The van der Waals surface area contributed by atoms with E-state index in [0.29, 0.717) is 24.5 Å². The Kier molecular flexibility index (Phi) is 6.76. The maximum Gasteiger partial charge on any atom is 0.262 e.